The van der Waals surface area contributed by atoms with E-state index in [-0.39, 0.29) is 21.1 Å². The molecule has 2 aromatic heterocycles. The molecule has 0 saturated heterocycles. The molecule has 22 heavy (non-hydrogen) atoms. The van der Waals surface area contributed by atoms with Crippen molar-refractivity contribution in [1.82, 2.24) is 15.0 Å². The van der Waals surface area contributed by atoms with Gasteiger partial charge in [-0.25, -0.2) is 9.97 Å². The summed E-state index contributed by atoms with van der Waals surface area (Å²) >= 11 is 22.3. The second-order valence-corrected chi connectivity index (χ2v) is 7.68. The topological polar surface area (TPSA) is 66.4 Å². The predicted octanol–water partition coefficient (Wildman–Crippen LogP) is 4.41. The van der Waals surface area contributed by atoms with Crippen LogP contribution in [0.4, 0.5) is 0 Å². The third-order valence-electron chi connectivity index (χ3n) is 1.98. The zero-order chi connectivity index (χ0) is 16.6. The Bertz CT molecular complexity index is 617. The monoisotopic (exact) mass is 401 g/mol. The Balaban J connectivity index is 0.000000335. The first-order valence-electron chi connectivity index (χ1n) is 5.54. The summed E-state index contributed by atoms with van der Waals surface area (Å²) in [6, 6.07) is 3.18. The summed E-state index contributed by atoms with van der Waals surface area (Å²) in [5.41, 5.74) is 0. The first kappa shape index (κ1) is 19.5. The van der Waals surface area contributed by atoms with Gasteiger partial charge in [-0.2, -0.15) is 4.98 Å². The number of nitrogens with zero attached hydrogens (tertiary/aromatic N) is 3. The van der Waals surface area contributed by atoms with Crippen molar-refractivity contribution in [3.63, 3.8) is 0 Å². The van der Waals surface area contributed by atoms with Crippen LogP contribution in [0.1, 0.15) is 0 Å². The lowest BCUT2D eigenvalue weighted by Gasteiger charge is -2.18. The van der Waals surface area contributed by atoms with Gasteiger partial charge in [-0.1, -0.05) is 34.8 Å². The molecule has 11 heteroatoms. The van der Waals surface area contributed by atoms with E-state index in [1.54, 1.807) is 18.5 Å². The molecule has 120 valence electrons. The van der Waals surface area contributed by atoms with Crippen molar-refractivity contribution in [3.8, 4) is 5.88 Å². The van der Waals surface area contributed by atoms with Gasteiger partial charge >= 0.3 is 6.72 Å². The number of rotatable bonds is 4. The van der Waals surface area contributed by atoms with E-state index in [1.165, 1.54) is 26.6 Å². The van der Waals surface area contributed by atoms with Gasteiger partial charge in [0.1, 0.15) is 11.3 Å². The molecule has 0 bridgehead atoms. The van der Waals surface area contributed by atoms with Gasteiger partial charge in [0.15, 0.2) is 5.15 Å². The van der Waals surface area contributed by atoms with Crippen molar-refractivity contribution in [2.24, 2.45) is 0 Å². The lowest BCUT2D eigenvalue weighted by atomic mass is 10.5. The zero-order valence-corrected chi connectivity index (χ0v) is 15.4. The molecule has 0 aliphatic heterocycles. The third kappa shape index (κ3) is 6.30. The maximum absolute atomic E-state index is 5.85. The van der Waals surface area contributed by atoms with Gasteiger partial charge in [-0.3, -0.25) is 0 Å². The molecule has 0 saturated carbocycles. The van der Waals surface area contributed by atoms with Crippen LogP contribution >= 0.6 is 41.5 Å². The van der Waals surface area contributed by atoms with Crippen LogP contribution in [0.15, 0.2) is 30.9 Å². The molecule has 0 fully saturated rings. The SMILES string of the molecule is COP(=S)(OC)Oc1nc(Cl)c(Cl)cc1Cl.c1cncnc1. The van der Waals surface area contributed by atoms with Crippen LogP contribution in [0.25, 0.3) is 0 Å². The normalized spacial score (nSPS) is 10.6. The molecule has 0 spiro atoms. The number of hydrogen-bond donors (Lipinski definition) is 0. The average Bonchev–Trinajstić information content (AvgIpc) is 2.54. The molecular formula is C11H11Cl3N3O3PS. The highest BCUT2D eigenvalue weighted by Crippen LogP contribution is 2.49. The molecular weight excluding hydrogens is 392 g/mol. The van der Waals surface area contributed by atoms with E-state index in [9.17, 15) is 0 Å². The second kappa shape index (κ2) is 9.57. The third-order valence-corrected chi connectivity index (χ3v) is 5.33. The summed E-state index contributed by atoms with van der Waals surface area (Å²) in [6.07, 6.45) is 4.88. The van der Waals surface area contributed by atoms with Crippen LogP contribution in [0.5, 0.6) is 5.88 Å². The molecule has 0 aliphatic carbocycles. The minimum absolute atomic E-state index is 0.0306. The van der Waals surface area contributed by atoms with Crippen LogP contribution in [0.3, 0.4) is 0 Å². The molecule has 0 aromatic carbocycles. The summed E-state index contributed by atoms with van der Waals surface area (Å²) in [6.45, 7) is -2.88. The number of hydrogen-bond acceptors (Lipinski definition) is 7. The highest BCUT2D eigenvalue weighted by Gasteiger charge is 2.22. The van der Waals surface area contributed by atoms with E-state index < -0.39 is 6.72 Å². The standard InChI is InChI=1S/C7H7Cl3NO3PS.C4H4N2/c1-12-15(16,13-2)14-7-5(9)3-4(8)6(10)11-7;1-2-5-4-6-3-1/h3H,1-2H3;1-4H. The van der Waals surface area contributed by atoms with Gasteiger partial charge in [0.2, 0.25) is 5.88 Å². The molecule has 0 unspecified atom stereocenters. The molecule has 2 rings (SSSR count). The molecule has 0 atom stereocenters. The van der Waals surface area contributed by atoms with Gasteiger partial charge in [-0.15, -0.1) is 0 Å². The van der Waals surface area contributed by atoms with Crippen molar-refractivity contribution < 1.29 is 13.6 Å². The molecule has 0 amide bonds. The Morgan fingerprint density at radius 2 is 1.64 bits per heavy atom. The van der Waals surface area contributed by atoms with Crippen LogP contribution in [0, 0.1) is 0 Å². The largest absolute Gasteiger partial charge is 0.404 e. The summed E-state index contributed by atoms with van der Waals surface area (Å²) in [7, 11) is 2.74. The Hall–Kier alpha value is -0.530. The lowest BCUT2D eigenvalue weighted by molar-refractivity contribution is 0.270. The fraction of sp³-hybridized carbons (Fsp3) is 0.182. The smallest absolute Gasteiger partial charge is 0.381 e. The Morgan fingerprint density at radius 1 is 1.05 bits per heavy atom. The van der Waals surface area contributed by atoms with E-state index in [4.69, 9.17) is 60.2 Å². The van der Waals surface area contributed by atoms with Gasteiger partial charge in [0, 0.05) is 38.4 Å². The Morgan fingerprint density at radius 3 is 2.05 bits per heavy atom. The van der Waals surface area contributed by atoms with Crippen molar-refractivity contribution in [2.45, 2.75) is 0 Å². The van der Waals surface area contributed by atoms with Gasteiger partial charge in [-0.05, 0) is 12.1 Å². The zero-order valence-electron chi connectivity index (χ0n) is 11.4. The molecule has 0 aliphatic rings. The van der Waals surface area contributed by atoms with Gasteiger partial charge in [0.25, 0.3) is 0 Å². The van der Waals surface area contributed by atoms with E-state index in [0.717, 1.165) is 0 Å². The van der Waals surface area contributed by atoms with E-state index in [2.05, 4.69) is 15.0 Å². The number of aromatic nitrogens is 3. The van der Waals surface area contributed by atoms with Gasteiger partial charge < -0.3 is 13.6 Å². The average molecular weight is 403 g/mol. The fourth-order valence-corrected chi connectivity index (χ4v) is 2.44. The first-order chi connectivity index (χ1) is 10.4. The lowest BCUT2D eigenvalue weighted by Crippen LogP contribution is -1.99. The quantitative estimate of drug-likeness (QED) is 0.554. The van der Waals surface area contributed by atoms with E-state index >= 15 is 0 Å². The maximum Gasteiger partial charge on any atom is 0.381 e. The van der Waals surface area contributed by atoms with Crippen molar-refractivity contribution in [1.29, 1.82) is 0 Å². The molecule has 2 heterocycles. The number of halogens is 3. The summed E-state index contributed by atoms with van der Waals surface area (Å²) in [4.78, 5) is 11.2. The molecule has 0 N–H and O–H groups in total. The van der Waals surface area contributed by atoms with Crippen LogP contribution in [0.2, 0.25) is 15.2 Å². The van der Waals surface area contributed by atoms with Crippen molar-refractivity contribution in [2.75, 3.05) is 14.2 Å². The maximum atomic E-state index is 5.85. The predicted molar refractivity (Wildman–Crippen MR) is 90.2 cm³/mol. The number of pyridine rings is 1. The first-order valence-corrected chi connectivity index (χ1v) is 9.23. The Kier molecular flexibility index (Phi) is 8.49. The highest BCUT2D eigenvalue weighted by atomic mass is 35.5. The molecule has 0 radical (unpaired) electrons. The summed E-state index contributed by atoms with van der Waals surface area (Å²) < 4.78 is 15.1. The van der Waals surface area contributed by atoms with E-state index in [1.807, 2.05) is 0 Å². The van der Waals surface area contributed by atoms with Crippen LogP contribution in [-0.4, -0.2) is 29.2 Å². The van der Waals surface area contributed by atoms with Gasteiger partial charge in [0.05, 0.1) is 5.02 Å². The van der Waals surface area contributed by atoms with Crippen molar-refractivity contribution >= 4 is 53.3 Å². The fourth-order valence-electron chi connectivity index (χ4n) is 1.00. The molecule has 2 aromatic rings. The van der Waals surface area contributed by atoms with Crippen LogP contribution in [-0.2, 0) is 20.9 Å². The van der Waals surface area contributed by atoms with Crippen LogP contribution < -0.4 is 4.52 Å². The highest BCUT2D eigenvalue weighted by molar-refractivity contribution is 8.07. The van der Waals surface area contributed by atoms with Crippen molar-refractivity contribution in [3.05, 3.63) is 46.1 Å². The second-order valence-electron chi connectivity index (χ2n) is 3.36. The summed E-state index contributed by atoms with van der Waals surface area (Å²) in [5.74, 6) is 0.0306. The summed E-state index contributed by atoms with van der Waals surface area (Å²) in [5, 5.41) is 0.467. The minimum Gasteiger partial charge on any atom is -0.404 e. The minimum atomic E-state index is -2.88. The molecule has 6 nitrogen and oxygen atoms in total. The Labute approximate surface area is 148 Å². The van der Waals surface area contributed by atoms with E-state index in [0.29, 0.717) is 0 Å².